The molecule has 0 amide bonds. The molecule has 0 bridgehead atoms. The second-order valence-corrected chi connectivity index (χ2v) is 4.73. The molecule has 0 atom stereocenters. The van der Waals surface area contributed by atoms with Crippen molar-refractivity contribution in [2.75, 3.05) is 12.9 Å². The maximum Gasteiger partial charge on any atom is 0.264 e. The van der Waals surface area contributed by atoms with Crippen LogP contribution in [0.1, 0.15) is 10.4 Å². The summed E-state index contributed by atoms with van der Waals surface area (Å²) >= 11 is 0. The van der Waals surface area contributed by atoms with Crippen LogP contribution in [0.5, 0.6) is 0 Å². The lowest BCUT2D eigenvalue weighted by Gasteiger charge is -2.00. The van der Waals surface area contributed by atoms with Crippen LogP contribution >= 0.6 is 0 Å². The van der Waals surface area contributed by atoms with Gasteiger partial charge in [-0.05, 0) is 0 Å². The van der Waals surface area contributed by atoms with Crippen molar-refractivity contribution in [1.29, 1.82) is 0 Å². The summed E-state index contributed by atoms with van der Waals surface area (Å²) < 4.78 is 25.5. The molecule has 0 heterocycles. The molecule has 5 nitrogen and oxygen atoms in total. The van der Waals surface area contributed by atoms with Gasteiger partial charge in [0.05, 0.1) is 6.26 Å². The van der Waals surface area contributed by atoms with Crippen molar-refractivity contribution in [3.05, 3.63) is 35.9 Å². The Labute approximate surface area is 93.2 Å². The number of rotatable bonds is 5. The fraction of sp³-hybridized carbons (Fsp3) is 0.200. The highest BCUT2D eigenvalue weighted by atomic mass is 32.2. The lowest BCUT2D eigenvalue weighted by molar-refractivity contribution is -0.116. The SMILES string of the molecule is CS(=O)(=O)OCC(=O)C(=O)c1ccccc1. The van der Waals surface area contributed by atoms with Gasteiger partial charge in [-0.3, -0.25) is 13.8 Å². The first-order valence-corrected chi connectivity index (χ1v) is 6.19. The molecule has 6 heteroatoms. The zero-order chi connectivity index (χ0) is 12.2. The van der Waals surface area contributed by atoms with Gasteiger partial charge < -0.3 is 0 Å². The molecule has 1 rings (SSSR count). The Hall–Kier alpha value is -1.53. The minimum absolute atomic E-state index is 0.213. The molecule has 0 fully saturated rings. The Kier molecular flexibility index (Phi) is 3.92. The molecule has 0 unspecified atom stereocenters. The van der Waals surface area contributed by atoms with Crippen LogP contribution in [0, 0.1) is 0 Å². The van der Waals surface area contributed by atoms with E-state index >= 15 is 0 Å². The van der Waals surface area contributed by atoms with Crippen LogP contribution in [-0.2, 0) is 19.1 Å². The topological polar surface area (TPSA) is 77.5 Å². The standard InChI is InChI=1S/C10H10O5S/c1-16(13,14)15-7-9(11)10(12)8-5-3-2-4-6-8/h2-6H,7H2,1H3. The summed E-state index contributed by atoms with van der Waals surface area (Å²) in [6, 6.07) is 7.87. The number of carbonyl (C=O) groups is 2. The first-order valence-electron chi connectivity index (χ1n) is 4.37. The predicted octanol–water partition coefficient (Wildman–Crippen LogP) is 0.415. The quantitative estimate of drug-likeness (QED) is 0.424. The van der Waals surface area contributed by atoms with Crippen LogP contribution in [-0.4, -0.2) is 32.8 Å². The number of hydrogen-bond acceptors (Lipinski definition) is 5. The van der Waals surface area contributed by atoms with Crippen molar-refractivity contribution in [3.8, 4) is 0 Å². The van der Waals surface area contributed by atoms with Crippen molar-refractivity contribution < 1.29 is 22.2 Å². The summed E-state index contributed by atoms with van der Waals surface area (Å²) in [4.78, 5) is 22.7. The summed E-state index contributed by atoms with van der Waals surface area (Å²) in [7, 11) is -3.71. The summed E-state index contributed by atoms with van der Waals surface area (Å²) in [6.07, 6.45) is 0.813. The first kappa shape index (κ1) is 12.5. The highest BCUT2D eigenvalue weighted by Gasteiger charge is 2.17. The Morgan fingerprint density at radius 3 is 2.25 bits per heavy atom. The van der Waals surface area contributed by atoms with E-state index in [-0.39, 0.29) is 5.56 Å². The monoisotopic (exact) mass is 242 g/mol. The summed E-state index contributed by atoms with van der Waals surface area (Å²) in [5.74, 6) is -1.65. The summed E-state index contributed by atoms with van der Waals surface area (Å²) in [6.45, 7) is -0.757. The second kappa shape index (κ2) is 5.00. The maximum absolute atomic E-state index is 11.4. The molecule has 0 saturated heterocycles. The van der Waals surface area contributed by atoms with E-state index in [1.54, 1.807) is 18.2 Å². The molecular weight excluding hydrogens is 232 g/mol. The van der Waals surface area contributed by atoms with E-state index in [9.17, 15) is 18.0 Å². The van der Waals surface area contributed by atoms with Crippen molar-refractivity contribution in [3.63, 3.8) is 0 Å². The molecular formula is C10H10O5S. The molecule has 0 N–H and O–H groups in total. The third-order valence-corrected chi connectivity index (χ3v) is 2.24. The van der Waals surface area contributed by atoms with Crippen LogP contribution in [0.2, 0.25) is 0 Å². The number of ketones is 2. The zero-order valence-corrected chi connectivity index (χ0v) is 9.36. The van der Waals surface area contributed by atoms with Crippen molar-refractivity contribution in [2.24, 2.45) is 0 Å². The van der Waals surface area contributed by atoms with Crippen LogP contribution in [0.4, 0.5) is 0 Å². The van der Waals surface area contributed by atoms with E-state index in [1.165, 1.54) is 12.1 Å². The van der Waals surface area contributed by atoms with Gasteiger partial charge in [-0.1, -0.05) is 30.3 Å². The number of Topliss-reactive ketones (excluding diaryl/α,β-unsaturated/α-hetero) is 2. The molecule has 0 spiro atoms. The molecule has 0 aromatic heterocycles. The zero-order valence-electron chi connectivity index (χ0n) is 8.54. The van der Waals surface area contributed by atoms with Crippen molar-refractivity contribution in [2.45, 2.75) is 0 Å². The fourth-order valence-electron chi connectivity index (χ4n) is 0.977. The average Bonchev–Trinajstić information content (AvgIpc) is 2.25. The summed E-state index contributed by atoms with van der Waals surface area (Å²) in [5.41, 5.74) is 0.213. The fourth-order valence-corrected chi connectivity index (χ4v) is 1.30. The van der Waals surface area contributed by atoms with Gasteiger partial charge in [-0.15, -0.1) is 0 Å². The van der Waals surface area contributed by atoms with Gasteiger partial charge in [-0.2, -0.15) is 8.42 Å². The van der Waals surface area contributed by atoms with E-state index < -0.39 is 28.3 Å². The molecule has 1 aromatic carbocycles. The first-order chi connectivity index (χ1) is 7.40. The predicted molar refractivity (Wildman–Crippen MR) is 56.6 cm³/mol. The number of benzene rings is 1. The Bertz CT molecular complexity index is 489. The van der Waals surface area contributed by atoms with Crippen LogP contribution in [0.25, 0.3) is 0 Å². The third-order valence-electron chi connectivity index (χ3n) is 1.69. The maximum atomic E-state index is 11.4. The smallest absolute Gasteiger partial charge is 0.264 e. The molecule has 0 aliphatic rings. The molecule has 0 aliphatic carbocycles. The third kappa shape index (κ3) is 3.92. The summed E-state index contributed by atoms with van der Waals surface area (Å²) in [5, 5.41) is 0. The molecule has 0 aliphatic heterocycles. The Balaban J connectivity index is 2.66. The Morgan fingerprint density at radius 2 is 1.75 bits per heavy atom. The normalized spacial score (nSPS) is 11.1. The van der Waals surface area contributed by atoms with E-state index in [4.69, 9.17) is 0 Å². The molecule has 0 radical (unpaired) electrons. The van der Waals surface area contributed by atoms with Crippen molar-refractivity contribution in [1.82, 2.24) is 0 Å². The lowest BCUT2D eigenvalue weighted by Crippen LogP contribution is -2.21. The van der Waals surface area contributed by atoms with E-state index in [1.807, 2.05) is 0 Å². The minimum Gasteiger partial charge on any atom is -0.288 e. The van der Waals surface area contributed by atoms with Crippen LogP contribution in [0.3, 0.4) is 0 Å². The van der Waals surface area contributed by atoms with Gasteiger partial charge in [-0.25, -0.2) is 0 Å². The van der Waals surface area contributed by atoms with Gasteiger partial charge in [0.15, 0.2) is 0 Å². The van der Waals surface area contributed by atoms with Gasteiger partial charge >= 0.3 is 0 Å². The van der Waals surface area contributed by atoms with Gasteiger partial charge in [0.1, 0.15) is 6.61 Å². The number of hydrogen-bond donors (Lipinski definition) is 0. The average molecular weight is 242 g/mol. The molecule has 1 aromatic rings. The highest BCUT2D eigenvalue weighted by molar-refractivity contribution is 7.86. The highest BCUT2D eigenvalue weighted by Crippen LogP contribution is 2.01. The van der Waals surface area contributed by atoms with Crippen molar-refractivity contribution >= 4 is 21.7 Å². The van der Waals surface area contributed by atoms with E-state index in [0.29, 0.717) is 0 Å². The molecule has 0 saturated carbocycles. The largest absolute Gasteiger partial charge is 0.288 e. The van der Waals surface area contributed by atoms with E-state index in [2.05, 4.69) is 4.18 Å². The van der Waals surface area contributed by atoms with Gasteiger partial charge in [0, 0.05) is 5.56 Å². The molecule has 16 heavy (non-hydrogen) atoms. The van der Waals surface area contributed by atoms with Gasteiger partial charge in [0.25, 0.3) is 10.1 Å². The molecule has 86 valence electrons. The minimum atomic E-state index is -3.71. The lowest BCUT2D eigenvalue weighted by atomic mass is 10.1. The second-order valence-electron chi connectivity index (χ2n) is 3.08. The van der Waals surface area contributed by atoms with Gasteiger partial charge in [0.2, 0.25) is 11.6 Å². The van der Waals surface area contributed by atoms with Crippen LogP contribution < -0.4 is 0 Å². The Morgan fingerprint density at radius 1 is 1.19 bits per heavy atom. The van der Waals surface area contributed by atoms with E-state index in [0.717, 1.165) is 6.26 Å². The van der Waals surface area contributed by atoms with Crippen LogP contribution in [0.15, 0.2) is 30.3 Å². The number of carbonyl (C=O) groups excluding carboxylic acids is 2.